The Bertz CT molecular complexity index is 704. The predicted octanol–water partition coefficient (Wildman–Crippen LogP) is 3.36. The van der Waals surface area contributed by atoms with Gasteiger partial charge in [0.25, 0.3) is 0 Å². The highest BCUT2D eigenvalue weighted by atomic mass is 16.4. The first-order valence-corrected chi connectivity index (χ1v) is 7.19. The predicted molar refractivity (Wildman–Crippen MR) is 79.2 cm³/mol. The number of aliphatic carboxylic acids is 1. The molecular weight excluding hydrogens is 250 g/mol. The molecule has 1 aliphatic rings. The van der Waals surface area contributed by atoms with Gasteiger partial charge in [-0.3, -0.25) is 9.78 Å². The van der Waals surface area contributed by atoms with Crippen LogP contribution in [0.4, 0.5) is 0 Å². The van der Waals surface area contributed by atoms with Crippen molar-refractivity contribution in [3.8, 4) is 0 Å². The van der Waals surface area contributed by atoms with Crippen molar-refractivity contribution in [2.75, 3.05) is 0 Å². The largest absolute Gasteiger partial charge is 0.481 e. The van der Waals surface area contributed by atoms with E-state index in [0.29, 0.717) is 6.42 Å². The number of pyridine rings is 1. The summed E-state index contributed by atoms with van der Waals surface area (Å²) in [5.41, 5.74) is 7.21. The number of carbonyl (C=O) groups is 1. The Morgan fingerprint density at radius 3 is 2.75 bits per heavy atom. The minimum atomic E-state index is -0.731. The lowest BCUT2D eigenvalue weighted by Crippen LogP contribution is -2.04. The summed E-state index contributed by atoms with van der Waals surface area (Å²) in [6.45, 7) is 4.20. The summed E-state index contributed by atoms with van der Waals surface area (Å²) in [6, 6.07) is 4.31. The molecule has 0 aliphatic heterocycles. The second-order valence-electron chi connectivity index (χ2n) is 5.72. The lowest BCUT2D eigenvalue weighted by Gasteiger charge is -2.13. The minimum absolute atomic E-state index is 0.193. The lowest BCUT2D eigenvalue weighted by molar-refractivity contribution is -0.136. The van der Waals surface area contributed by atoms with Gasteiger partial charge in [-0.2, -0.15) is 0 Å². The fourth-order valence-electron chi connectivity index (χ4n) is 3.14. The van der Waals surface area contributed by atoms with Gasteiger partial charge < -0.3 is 5.11 Å². The number of nitrogens with zero attached hydrogens (tertiary/aromatic N) is 1. The number of hydrogen-bond acceptors (Lipinski definition) is 2. The van der Waals surface area contributed by atoms with E-state index >= 15 is 0 Å². The van der Waals surface area contributed by atoms with Crippen LogP contribution in [0.15, 0.2) is 12.1 Å². The highest BCUT2D eigenvalue weighted by molar-refractivity contribution is 5.86. The highest BCUT2D eigenvalue weighted by Gasteiger charge is 2.20. The summed E-state index contributed by atoms with van der Waals surface area (Å²) in [7, 11) is 0. The van der Waals surface area contributed by atoms with Gasteiger partial charge in [0.1, 0.15) is 0 Å². The maximum absolute atomic E-state index is 10.9. The smallest absolute Gasteiger partial charge is 0.303 e. The van der Waals surface area contributed by atoms with E-state index in [0.717, 1.165) is 30.2 Å². The fourth-order valence-corrected chi connectivity index (χ4v) is 3.14. The normalized spacial score (nSPS) is 13.7. The fraction of sp³-hybridized carbons (Fsp3) is 0.412. The molecule has 3 nitrogen and oxygen atoms in total. The molecule has 3 heteroatoms. The van der Waals surface area contributed by atoms with Gasteiger partial charge in [-0.05, 0) is 73.9 Å². The van der Waals surface area contributed by atoms with E-state index < -0.39 is 5.97 Å². The first-order valence-electron chi connectivity index (χ1n) is 7.19. The topological polar surface area (TPSA) is 50.2 Å². The molecule has 1 aromatic carbocycles. The second kappa shape index (κ2) is 4.89. The molecule has 104 valence electrons. The van der Waals surface area contributed by atoms with Crippen LogP contribution in [-0.2, 0) is 24.1 Å². The van der Waals surface area contributed by atoms with Gasteiger partial charge >= 0.3 is 5.97 Å². The van der Waals surface area contributed by atoms with Crippen LogP contribution in [0, 0.1) is 13.8 Å². The summed E-state index contributed by atoms with van der Waals surface area (Å²) in [6.07, 6.45) is 4.01. The van der Waals surface area contributed by atoms with Gasteiger partial charge in [-0.15, -0.1) is 0 Å². The average molecular weight is 269 g/mol. The number of benzene rings is 1. The van der Waals surface area contributed by atoms with Crippen LogP contribution in [0.5, 0.6) is 0 Å². The third-order valence-corrected chi connectivity index (χ3v) is 4.33. The zero-order valence-electron chi connectivity index (χ0n) is 12.0. The zero-order chi connectivity index (χ0) is 14.3. The molecule has 0 spiro atoms. The summed E-state index contributed by atoms with van der Waals surface area (Å²) in [4.78, 5) is 15.7. The summed E-state index contributed by atoms with van der Waals surface area (Å²) in [5.74, 6) is -0.731. The van der Waals surface area contributed by atoms with E-state index in [4.69, 9.17) is 10.1 Å². The minimum Gasteiger partial charge on any atom is -0.481 e. The van der Waals surface area contributed by atoms with Crippen molar-refractivity contribution < 1.29 is 9.90 Å². The van der Waals surface area contributed by atoms with Crippen LogP contribution in [0.25, 0.3) is 10.9 Å². The van der Waals surface area contributed by atoms with E-state index in [-0.39, 0.29) is 6.42 Å². The van der Waals surface area contributed by atoms with E-state index in [9.17, 15) is 4.79 Å². The average Bonchev–Trinajstić information content (AvgIpc) is 2.84. The van der Waals surface area contributed by atoms with E-state index in [1.165, 1.54) is 27.9 Å². The molecular formula is C17H19NO2. The van der Waals surface area contributed by atoms with Crippen LogP contribution < -0.4 is 0 Å². The van der Waals surface area contributed by atoms with Crippen LogP contribution in [0.1, 0.15) is 40.8 Å². The highest BCUT2D eigenvalue weighted by Crippen LogP contribution is 2.32. The van der Waals surface area contributed by atoms with Gasteiger partial charge in [0.15, 0.2) is 0 Å². The molecule has 1 aromatic heterocycles. The maximum Gasteiger partial charge on any atom is 0.303 e. The molecule has 3 rings (SSSR count). The van der Waals surface area contributed by atoms with Gasteiger partial charge in [0.2, 0.25) is 0 Å². The third-order valence-electron chi connectivity index (χ3n) is 4.33. The molecule has 20 heavy (non-hydrogen) atoms. The van der Waals surface area contributed by atoms with Crippen LogP contribution in [-0.4, -0.2) is 16.1 Å². The molecule has 1 aliphatic carbocycles. The number of carboxylic acid groups (broad SMARTS) is 1. The van der Waals surface area contributed by atoms with Crippen molar-refractivity contribution in [3.63, 3.8) is 0 Å². The molecule has 0 unspecified atom stereocenters. The standard InChI is InChI=1S/C17H19NO2/c1-10-8-14-12(6-7-17(19)20)13-4-3-5-15(13)18-16(14)9-11(10)2/h8-9H,3-7H2,1-2H3,(H,19,20). The number of carboxylic acids is 1. The quantitative estimate of drug-likeness (QED) is 0.929. The van der Waals surface area contributed by atoms with Crippen molar-refractivity contribution in [1.29, 1.82) is 0 Å². The van der Waals surface area contributed by atoms with E-state index in [2.05, 4.69) is 26.0 Å². The van der Waals surface area contributed by atoms with E-state index in [1.54, 1.807) is 0 Å². The molecule has 0 saturated carbocycles. The molecule has 1 heterocycles. The summed E-state index contributed by atoms with van der Waals surface area (Å²) in [5, 5.41) is 10.1. The SMILES string of the molecule is Cc1cc2nc3c(c(CCC(=O)O)c2cc1C)CCC3. The number of aryl methyl sites for hydroxylation is 4. The Balaban J connectivity index is 2.22. The van der Waals surface area contributed by atoms with Gasteiger partial charge in [-0.25, -0.2) is 0 Å². The Labute approximate surface area is 118 Å². The van der Waals surface area contributed by atoms with Crippen molar-refractivity contribution in [2.24, 2.45) is 0 Å². The lowest BCUT2D eigenvalue weighted by atomic mass is 9.95. The summed E-state index contributed by atoms with van der Waals surface area (Å²) >= 11 is 0. The van der Waals surface area contributed by atoms with Gasteiger partial charge in [-0.1, -0.05) is 0 Å². The van der Waals surface area contributed by atoms with Crippen molar-refractivity contribution in [2.45, 2.75) is 46.0 Å². The molecule has 0 saturated heterocycles. The van der Waals surface area contributed by atoms with E-state index in [1.807, 2.05) is 0 Å². The molecule has 1 N–H and O–H groups in total. The number of hydrogen-bond donors (Lipinski definition) is 1. The second-order valence-corrected chi connectivity index (χ2v) is 5.72. The Morgan fingerprint density at radius 1 is 1.25 bits per heavy atom. The van der Waals surface area contributed by atoms with Crippen LogP contribution >= 0.6 is 0 Å². The number of fused-ring (bicyclic) bond motifs is 2. The van der Waals surface area contributed by atoms with Crippen molar-refractivity contribution in [3.05, 3.63) is 40.1 Å². The Kier molecular flexibility index (Phi) is 3.20. The zero-order valence-corrected chi connectivity index (χ0v) is 12.0. The van der Waals surface area contributed by atoms with Crippen LogP contribution in [0.2, 0.25) is 0 Å². The Morgan fingerprint density at radius 2 is 2.00 bits per heavy atom. The van der Waals surface area contributed by atoms with Crippen LogP contribution in [0.3, 0.4) is 0 Å². The molecule has 2 aromatic rings. The molecule has 0 radical (unpaired) electrons. The van der Waals surface area contributed by atoms with Gasteiger partial charge in [0, 0.05) is 17.5 Å². The molecule has 0 fully saturated rings. The monoisotopic (exact) mass is 269 g/mol. The number of aromatic nitrogens is 1. The third kappa shape index (κ3) is 2.17. The number of rotatable bonds is 3. The summed E-state index contributed by atoms with van der Waals surface area (Å²) < 4.78 is 0. The van der Waals surface area contributed by atoms with Gasteiger partial charge in [0.05, 0.1) is 5.52 Å². The molecule has 0 atom stereocenters. The van der Waals surface area contributed by atoms with Crippen molar-refractivity contribution in [1.82, 2.24) is 4.98 Å². The first kappa shape index (κ1) is 13.1. The molecule has 0 bridgehead atoms. The Hall–Kier alpha value is -1.90. The first-order chi connectivity index (χ1) is 9.56. The maximum atomic E-state index is 10.9. The molecule has 0 amide bonds. The van der Waals surface area contributed by atoms with Crippen molar-refractivity contribution >= 4 is 16.9 Å².